The predicted molar refractivity (Wildman–Crippen MR) is 79.3 cm³/mol. The molecule has 4 heteroatoms. The summed E-state index contributed by atoms with van der Waals surface area (Å²) >= 11 is 0. The molecule has 3 unspecified atom stereocenters. The van der Waals surface area contributed by atoms with Crippen LogP contribution in [0.25, 0.3) is 0 Å². The molecule has 0 aliphatic carbocycles. The van der Waals surface area contributed by atoms with Crippen molar-refractivity contribution >= 4 is 0 Å². The quantitative estimate of drug-likeness (QED) is 0.838. The van der Waals surface area contributed by atoms with Gasteiger partial charge in [0.05, 0.1) is 6.10 Å². The minimum atomic E-state index is -0.419. The number of aliphatic hydroxyl groups is 1. The summed E-state index contributed by atoms with van der Waals surface area (Å²) in [5.74, 6) is 1.96. The molecule has 1 heterocycles. The maximum atomic E-state index is 10.4. The van der Waals surface area contributed by atoms with Crippen LogP contribution in [0.15, 0.2) is 18.2 Å². The maximum absolute atomic E-state index is 10.4. The maximum Gasteiger partial charge on any atom is 0.161 e. The Balaban J connectivity index is 2.14. The molecule has 0 aromatic heterocycles. The van der Waals surface area contributed by atoms with E-state index in [1.54, 1.807) is 0 Å². The minimum Gasteiger partial charge on any atom is -0.486 e. The highest BCUT2D eigenvalue weighted by molar-refractivity contribution is 5.45. The van der Waals surface area contributed by atoms with Gasteiger partial charge in [-0.15, -0.1) is 0 Å². The third kappa shape index (κ3) is 3.44. The van der Waals surface area contributed by atoms with Crippen LogP contribution in [0.2, 0.25) is 0 Å². The van der Waals surface area contributed by atoms with Crippen LogP contribution in [-0.2, 0) is 0 Å². The topological polar surface area (TPSA) is 64.7 Å². The first-order valence-electron chi connectivity index (χ1n) is 7.43. The van der Waals surface area contributed by atoms with E-state index in [9.17, 15) is 5.11 Å². The minimum absolute atomic E-state index is 0.0557. The molecule has 3 atom stereocenters. The summed E-state index contributed by atoms with van der Waals surface area (Å²) in [4.78, 5) is 0. The Labute approximate surface area is 120 Å². The molecule has 0 bridgehead atoms. The Bertz CT molecular complexity index is 436. The zero-order chi connectivity index (χ0) is 14.5. The first-order valence-corrected chi connectivity index (χ1v) is 7.43. The summed E-state index contributed by atoms with van der Waals surface area (Å²) in [5, 5.41) is 10.4. The van der Waals surface area contributed by atoms with Gasteiger partial charge in [-0.05, 0) is 30.0 Å². The van der Waals surface area contributed by atoms with Crippen LogP contribution in [0.3, 0.4) is 0 Å². The number of nitrogens with two attached hydrogens (primary N) is 1. The van der Waals surface area contributed by atoms with Gasteiger partial charge in [-0.3, -0.25) is 0 Å². The number of hydrogen-bond acceptors (Lipinski definition) is 4. The lowest BCUT2D eigenvalue weighted by molar-refractivity contribution is 0.117. The second-order valence-electron chi connectivity index (χ2n) is 5.56. The molecule has 0 fully saturated rings. The Morgan fingerprint density at radius 1 is 1.25 bits per heavy atom. The summed E-state index contributed by atoms with van der Waals surface area (Å²) in [6, 6.07) is 5.83. The van der Waals surface area contributed by atoms with Gasteiger partial charge >= 0.3 is 0 Å². The second kappa shape index (κ2) is 6.95. The van der Waals surface area contributed by atoms with E-state index in [1.807, 2.05) is 18.2 Å². The van der Waals surface area contributed by atoms with E-state index in [0.717, 1.165) is 29.9 Å². The van der Waals surface area contributed by atoms with Crippen molar-refractivity contribution in [3.8, 4) is 11.5 Å². The molecule has 20 heavy (non-hydrogen) atoms. The average Bonchev–Trinajstić information content (AvgIpc) is 2.47. The van der Waals surface area contributed by atoms with Crippen LogP contribution in [0.1, 0.15) is 38.2 Å². The molecule has 1 aliphatic heterocycles. The van der Waals surface area contributed by atoms with E-state index in [1.165, 1.54) is 0 Å². The Morgan fingerprint density at radius 3 is 2.60 bits per heavy atom. The fourth-order valence-electron chi connectivity index (χ4n) is 2.55. The highest BCUT2D eigenvalue weighted by Crippen LogP contribution is 2.34. The smallest absolute Gasteiger partial charge is 0.161 e. The molecule has 1 aromatic rings. The molecule has 0 radical (unpaired) electrons. The first-order chi connectivity index (χ1) is 9.65. The van der Waals surface area contributed by atoms with Crippen LogP contribution >= 0.6 is 0 Å². The largest absolute Gasteiger partial charge is 0.486 e. The lowest BCUT2D eigenvalue weighted by Gasteiger charge is -2.26. The summed E-state index contributed by atoms with van der Waals surface area (Å²) in [6.45, 7) is 5.87. The van der Waals surface area contributed by atoms with E-state index in [2.05, 4.69) is 13.8 Å². The number of aliphatic hydroxyl groups excluding tert-OH is 1. The van der Waals surface area contributed by atoms with Gasteiger partial charge in [0.15, 0.2) is 11.5 Å². The first kappa shape index (κ1) is 15.1. The van der Waals surface area contributed by atoms with Crippen molar-refractivity contribution < 1.29 is 14.6 Å². The van der Waals surface area contributed by atoms with E-state index >= 15 is 0 Å². The monoisotopic (exact) mass is 279 g/mol. The third-order valence-electron chi connectivity index (χ3n) is 4.05. The molecule has 1 aliphatic rings. The van der Waals surface area contributed by atoms with Gasteiger partial charge in [-0.2, -0.15) is 0 Å². The molecule has 0 spiro atoms. The lowest BCUT2D eigenvalue weighted by Crippen LogP contribution is -2.27. The predicted octanol–water partition coefficient (Wildman–Crippen LogP) is 2.30. The van der Waals surface area contributed by atoms with E-state index in [0.29, 0.717) is 25.7 Å². The summed E-state index contributed by atoms with van der Waals surface area (Å²) in [6.07, 6.45) is 1.42. The van der Waals surface area contributed by atoms with Crippen molar-refractivity contribution in [3.05, 3.63) is 23.8 Å². The summed E-state index contributed by atoms with van der Waals surface area (Å²) in [7, 11) is 0. The van der Waals surface area contributed by atoms with Gasteiger partial charge in [-0.1, -0.05) is 26.3 Å². The van der Waals surface area contributed by atoms with Gasteiger partial charge in [0.25, 0.3) is 0 Å². The van der Waals surface area contributed by atoms with Gasteiger partial charge < -0.3 is 20.3 Å². The lowest BCUT2D eigenvalue weighted by atomic mass is 9.87. The molecule has 112 valence electrons. The molecule has 4 nitrogen and oxygen atoms in total. The standard InChI is InChI=1S/C16H25NO3/c1-3-11(2)8-14(18)13(10-17)12-4-5-15-16(9-12)20-7-6-19-15/h4-5,9,11,13-14,18H,3,6-8,10,17H2,1-2H3. The fraction of sp³-hybridized carbons (Fsp3) is 0.625. The Hall–Kier alpha value is -1.26. The number of benzene rings is 1. The number of hydrogen-bond donors (Lipinski definition) is 2. The van der Waals surface area contributed by atoms with Gasteiger partial charge in [0, 0.05) is 12.5 Å². The van der Waals surface area contributed by atoms with Crippen molar-refractivity contribution in [2.75, 3.05) is 19.8 Å². The van der Waals surface area contributed by atoms with Crippen LogP contribution < -0.4 is 15.2 Å². The molecule has 1 aromatic carbocycles. The van der Waals surface area contributed by atoms with Gasteiger partial charge in [0.2, 0.25) is 0 Å². The van der Waals surface area contributed by atoms with Gasteiger partial charge in [0.1, 0.15) is 13.2 Å². The molecule has 0 saturated carbocycles. The Kier molecular flexibility index (Phi) is 5.26. The highest BCUT2D eigenvalue weighted by Gasteiger charge is 2.23. The molecule has 2 rings (SSSR count). The van der Waals surface area contributed by atoms with Crippen molar-refractivity contribution in [1.29, 1.82) is 0 Å². The summed E-state index contributed by atoms with van der Waals surface area (Å²) in [5.41, 5.74) is 6.89. The molecule has 0 amide bonds. The van der Waals surface area contributed by atoms with Crippen molar-refractivity contribution in [2.45, 2.75) is 38.7 Å². The normalized spacial score (nSPS) is 18.4. The van der Waals surface area contributed by atoms with Crippen molar-refractivity contribution in [3.63, 3.8) is 0 Å². The molecular weight excluding hydrogens is 254 g/mol. The zero-order valence-corrected chi connectivity index (χ0v) is 12.3. The third-order valence-corrected chi connectivity index (χ3v) is 4.05. The molecule has 3 N–H and O–H groups in total. The zero-order valence-electron chi connectivity index (χ0n) is 12.3. The van der Waals surface area contributed by atoms with E-state index in [4.69, 9.17) is 15.2 Å². The van der Waals surface area contributed by atoms with Crippen molar-refractivity contribution in [1.82, 2.24) is 0 Å². The summed E-state index contributed by atoms with van der Waals surface area (Å²) < 4.78 is 11.1. The molecule has 0 saturated heterocycles. The van der Waals surface area contributed by atoms with Crippen LogP contribution in [0.5, 0.6) is 11.5 Å². The molecular formula is C16H25NO3. The van der Waals surface area contributed by atoms with E-state index < -0.39 is 6.10 Å². The number of rotatable bonds is 6. The SMILES string of the molecule is CCC(C)CC(O)C(CN)c1ccc2c(c1)OCCO2. The van der Waals surface area contributed by atoms with Crippen LogP contribution in [0, 0.1) is 5.92 Å². The second-order valence-corrected chi connectivity index (χ2v) is 5.56. The Morgan fingerprint density at radius 2 is 1.95 bits per heavy atom. The van der Waals surface area contributed by atoms with E-state index in [-0.39, 0.29) is 5.92 Å². The van der Waals surface area contributed by atoms with Gasteiger partial charge in [-0.25, -0.2) is 0 Å². The van der Waals surface area contributed by atoms with Crippen molar-refractivity contribution in [2.24, 2.45) is 11.7 Å². The van der Waals surface area contributed by atoms with Crippen LogP contribution in [0.4, 0.5) is 0 Å². The fourth-order valence-corrected chi connectivity index (χ4v) is 2.55. The highest BCUT2D eigenvalue weighted by atomic mass is 16.6. The number of ether oxygens (including phenoxy) is 2. The van der Waals surface area contributed by atoms with Crippen LogP contribution in [-0.4, -0.2) is 31.0 Å². The number of fused-ring (bicyclic) bond motifs is 1. The average molecular weight is 279 g/mol.